The van der Waals surface area contributed by atoms with Crippen molar-refractivity contribution in [2.75, 3.05) is 23.3 Å². The van der Waals surface area contributed by atoms with Crippen LogP contribution in [0.25, 0.3) is 5.82 Å². The minimum Gasteiger partial charge on any atom is -0.356 e. The number of nitrogens with zero attached hydrogens (tertiary/aromatic N) is 7. The Kier molecular flexibility index (Phi) is 5.79. The molecule has 0 aromatic carbocycles. The van der Waals surface area contributed by atoms with Gasteiger partial charge in [0.1, 0.15) is 24.5 Å². The number of aryl methyl sites for hydroxylation is 2. The third-order valence-electron chi connectivity index (χ3n) is 5.40. The first-order valence-corrected chi connectivity index (χ1v) is 10.4. The second-order valence-electron chi connectivity index (χ2n) is 8.01. The van der Waals surface area contributed by atoms with Crippen LogP contribution in [-0.4, -0.2) is 48.5 Å². The van der Waals surface area contributed by atoms with Gasteiger partial charge in [0.15, 0.2) is 5.82 Å². The van der Waals surface area contributed by atoms with Crippen molar-refractivity contribution in [2.45, 2.75) is 40.2 Å². The molecule has 0 saturated carbocycles. The van der Waals surface area contributed by atoms with Crippen molar-refractivity contribution in [3.63, 3.8) is 0 Å². The van der Waals surface area contributed by atoms with Crippen LogP contribution in [-0.2, 0) is 11.3 Å². The predicted octanol–water partition coefficient (Wildman–Crippen LogP) is 1.71. The van der Waals surface area contributed by atoms with Crippen molar-refractivity contribution in [3.05, 3.63) is 52.3 Å². The monoisotopic (exact) mass is 422 g/mol. The van der Waals surface area contributed by atoms with Crippen LogP contribution >= 0.6 is 0 Å². The molecule has 31 heavy (non-hydrogen) atoms. The highest BCUT2D eigenvalue weighted by atomic mass is 16.2. The second-order valence-corrected chi connectivity index (χ2v) is 8.01. The van der Waals surface area contributed by atoms with Crippen LogP contribution in [0.15, 0.2) is 35.4 Å². The Morgan fingerprint density at radius 2 is 1.87 bits per heavy atom. The quantitative estimate of drug-likeness (QED) is 0.666. The van der Waals surface area contributed by atoms with Crippen LogP contribution < -0.4 is 15.8 Å². The number of nitrogens with one attached hydrogen (secondary N) is 1. The van der Waals surface area contributed by atoms with Crippen LogP contribution in [0.5, 0.6) is 0 Å². The minimum absolute atomic E-state index is 0.230. The lowest BCUT2D eigenvalue weighted by Crippen LogP contribution is -2.33. The van der Waals surface area contributed by atoms with E-state index in [0.29, 0.717) is 17.6 Å². The van der Waals surface area contributed by atoms with Gasteiger partial charge in [-0.2, -0.15) is 5.10 Å². The van der Waals surface area contributed by atoms with Crippen LogP contribution in [0, 0.1) is 19.8 Å². The Morgan fingerprint density at radius 1 is 1.10 bits per heavy atom. The maximum Gasteiger partial charge on any atom is 0.267 e. The molecule has 4 heterocycles. The lowest BCUT2D eigenvalue weighted by molar-refractivity contribution is -0.117. The molecule has 0 spiro atoms. The van der Waals surface area contributed by atoms with Gasteiger partial charge in [-0.15, -0.1) is 5.10 Å². The molecular weight excluding hydrogens is 396 g/mol. The zero-order chi connectivity index (χ0) is 22.0. The van der Waals surface area contributed by atoms with Crippen molar-refractivity contribution in [1.82, 2.24) is 29.5 Å². The summed E-state index contributed by atoms with van der Waals surface area (Å²) in [4.78, 5) is 35.5. The topological polar surface area (TPSA) is 111 Å². The molecule has 0 atom stereocenters. The summed E-state index contributed by atoms with van der Waals surface area (Å²) in [5, 5.41) is 11.4. The maximum absolute atomic E-state index is 12.6. The summed E-state index contributed by atoms with van der Waals surface area (Å²) < 4.78 is 2.76. The maximum atomic E-state index is 12.6. The highest BCUT2D eigenvalue weighted by Gasteiger charge is 2.18. The summed E-state index contributed by atoms with van der Waals surface area (Å²) in [6, 6.07) is 6.65. The number of hydrogen-bond donors (Lipinski definition) is 1. The summed E-state index contributed by atoms with van der Waals surface area (Å²) in [7, 11) is 0. The van der Waals surface area contributed by atoms with Gasteiger partial charge in [0.25, 0.3) is 5.56 Å². The average molecular weight is 422 g/mol. The van der Waals surface area contributed by atoms with E-state index in [1.54, 1.807) is 16.8 Å². The average Bonchev–Trinajstić information content (AvgIpc) is 3.08. The minimum atomic E-state index is -0.392. The summed E-state index contributed by atoms with van der Waals surface area (Å²) >= 11 is 0. The molecule has 1 fully saturated rings. The zero-order valence-electron chi connectivity index (χ0n) is 17.9. The normalized spacial score (nSPS) is 14.6. The van der Waals surface area contributed by atoms with E-state index in [-0.39, 0.29) is 12.1 Å². The molecule has 3 aromatic rings. The molecule has 162 valence electrons. The van der Waals surface area contributed by atoms with Gasteiger partial charge in [-0.3, -0.25) is 9.59 Å². The number of carbonyl (C=O) groups is 1. The largest absolute Gasteiger partial charge is 0.356 e. The summed E-state index contributed by atoms with van der Waals surface area (Å²) in [6.07, 6.45) is 3.68. The van der Waals surface area contributed by atoms with E-state index in [9.17, 15) is 9.59 Å². The summed E-state index contributed by atoms with van der Waals surface area (Å²) in [5.74, 6) is 1.99. The Morgan fingerprint density at radius 3 is 2.58 bits per heavy atom. The Labute approximate surface area is 179 Å². The van der Waals surface area contributed by atoms with Gasteiger partial charge >= 0.3 is 0 Å². The highest BCUT2D eigenvalue weighted by Crippen LogP contribution is 2.22. The van der Waals surface area contributed by atoms with E-state index in [1.165, 1.54) is 12.4 Å². The molecule has 1 N–H and O–H groups in total. The molecule has 10 heteroatoms. The molecule has 1 aliphatic rings. The zero-order valence-corrected chi connectivity index (χ0v) is 17.9. The highest BCUT2D eigenvalue weighted by molar-refractivity contribution is 5.89. The number of rotatable bonds is 5. The third kappa shape index (κ3) is 4.79. The molecule has 3 aromatic heterocycles. The first kappa shape index (κ1) is 20.7. The van der Waals surface area contributed by atoms with E-state index < -0.39 is 5.91 Å². The van der Waals surface area contributed by atoms with Crippen molar-refractivity contribution in [2.24, 2.45) is 5.92 Å². The molecule has 1 saturated heterocycles. The molecular formula is C21H26N8O2. The standard InChI is InChI=1S/C21H26N8O2/c1-14-6-8-27(9-7-14)19-11-17(22-13-23-19)24-20(30)12-28-21(31)5-4-18(26-28)29-16(3)10-15(2)25-29/h4-5,10-11,13-14H,6-9,12H2,1-3H3,(H,22,23,24,30). The first-order valence-electron chi connectivity index (χ1n) is 10.4. The van der Waals surface area contributed by atoms with Crippen molar-refractivity contribution in [3.8, 4) is 5.82 Å². The summed E-state index contributed by atoms with van der Waals surface area (Å²) in [6.45, 7) is 7.68. The van der Waals surface area contributed by atoms with Gasteiger partial charge in [0.2, 0.25) is 5.91 Å². The van der Waals surface area contributed by atoms with Gasteiger partial charge < -0.3 is 10.2 Å². The van der Waals surface area contributed by atoms with Crippen LogP contribution in [0.4, 0.5) is 11.6 Å². The van der Waals surface area contributed by atoms with Crippen molar-refractivity contribution < 1.29 is 4.79 Å². The molecule has 1 aliphatic heterocycles. The number of carbonyl (C=O) groups excluding carboxylic acids is 1. The lowest BCUT2D eigenvalue weighted by atomic mass is 9.99. The van der Waals surface area contributed by atoms with Crippen LogP contribution in [0.2, 0.25) is 0 Å². The van der Waals surface area contributed by atoms with Gasteiger partial charge in [0, 0.05) is 30.9 Å². The number of aromatic nitrogens is 6. The fraction of sp³-hybridized carbons (Fsp3) is 0.429. The van der Waals surface area contributed by atoms with Gasteiger partial charge in [-0.1, -0.05) is 6.92 Å². The van der Waals surface area contributed by atoms with E-state index in [4.69, 9.17) is 0 Å². The van der Waals surface area contributed by atoms with E-state index in [0.717, 1.165) is 47.8 Å². The van der Waals surface area contributed by atoms with Crippen LogP contribution in [0.1, 0.15) is 31.2 Å². The SMILES string of the molecule is Cc1cc(C)n(-c2ccc(=O)n(CC(=O)Nc3cc(N4CCC(C)CC4)ncn3)n2)n1. The number of hydrogen-bond acceptors (Lipinski definition) is 7. The number of amides is 1. The lowest BCUT2D eigenvalue weighted by Gasteiger charge is -2.31. The van der Waals surface area contributed by atoms with Gasteiger partial charge in [-0.25, -0.2) is 19.3 Å². The molecule has 4 rings (SSSR count). The molecule has 0 radical (unpaired) electrons. The molecule has 10 nitrogen and oxygen atoms in total. The molecule has 0 aliphatic carbocycles. The van der Waals surface area contributed by atoms with Gasteiger partial charge in [-0.05, 0) is 44.7 Å². The fourth-order valence-corrected chi connectivity index (χ4v) is 3.67. The van der Waals surface area contributed by atoms with Crippen molar-refractivity contribution in [1.29, 1.82) is 0 Å². The van der Waals surface area contributed by atoms with Gasteiger partial charge in [0.05, 0.1) is 5.69 Å². The van der Waals surface area contributed by atoms with Crippen molar-refractivity contribution >= 4 is 17.5 Å². The van der Waals surface area contributed by atoms with E-state index >= 15 is 0 Å². The van der Waals surface area contributed by atoms with Crippen LogP contribution in [0.3, 0.4) is 0 Å². The first-order chi connectivity index (χ1) is 14.9. The Balaban J connectivity index is 1.47. The van der Waals surface area contributed by atoms with E-state index in [2.05, 4.69) is 37.3 Å². The van der Waals surface area contributed by atoms with E-state index in [1.807, 2.05) is 19.9 Å². The third-order valence-corrected chi connectivity index (χ3v) is 5.40. The molecule has 0 unspecified atom stereocenters. The molecule has 0 bridgehead atoms. The number of piperidine rings is 1. The number of anilines is 2. The second kappa shape index (κ2) is 8.66. The predicted molar refractivity (Wildman–Crippen MR) is 116 cm³/mol. The fourth-order valence-electron chi connectivity index (χ4n) is 3.67. The Bertz CT molecular complexity index is 1140. The summed E-state index contributed by atoms with van der Waals surface area (Å²) in [5.41, 5.74) is 1.36. The smallest absolute Gasteiger partial charge is 0.267 e. The molecule has 1 amide bonds. The Hall–Kier alpha value is -3.56.